The first-order valence-corrected chi connectivity index (χ1v) is 7.38. The van der Waals surface area contributed by atoms with E-state index in [4.69, 9.17) is 5.73 Å². The van der Waals surface area contributed by atoms with E-state index >= 15 is 0 Å². The summed E-state index contributed by atoms with van der Waals surface area (Å²) >= 11 is 0. The van der Waals surface area contributed by atoms with Gasteiger partial charge in [0, 0.05) is 6.54 Å². The van der Waals surface area contributed by atoms with Gasteiger partial charge in [-0.15, -0.1) is 0 Å². The standard InChI is InChI=1S/C15H30N2O/c1-11(2)8-13(16)14(18)17-10-15(6-5-7-15)9-12(3)4/h11-13H,5-10,16H2,1-4H3,(H,17,18)/t13-/m0/s1. The predicted molar refractivity (Wildman–Crippen MR) is 76.2 cm³/mol. The van der Waals surface area contributed by atoms with Crippen LogP contribution in [-0.2, 0) is 4.79 Å². The van der Waals surface area contributed by atoms with Crippen LogP contribution in [0.2, 0.25) is 0 Å². The lowest BCUT2D eigenvalue weighted by atomic mass is 9.64. The number of nitrogens with one attached hydrogen (secondary N) is 1. The van der Waals surface area contributed by atoms with E-state index in [0.717, 1.165) is 13.0 Å². The van der Waals surface area contributed by atoms with Gasteiger partial charge >= 0.3 is 0 Å². The van der Waals surface area contributed by atoms with Crippen LogP contribution in [0, 0.1) is 17.3 Å². The fourth-order valence-electron chi connectivity index (χ4n) is 3.02. The largest absolute Gasteiger partial charge is 0.354 e. The summed E-state index contributed by atoms with van der Waals surface area (Å²) in [6, 6.07) is -0.346. The summed E-state index contributed by atoms with van der Waals surface area (Å²) in [5.74, 6) is 1.20. The summed E-state index contributed by atoms with van der Waals surface area (Å²) in [6.45, 7) is 9.52. The summed E-state index contributed by atoms with van der Waals surface area (Å²) in [6.07, 6.45) is 5.80. The molecule has 106 valence electrons. The summed E-state index contributed by atoms with van der Waals surface area (Å²) in [5, 5.41) is 3.07. The molecule has 0 unspecified atom stereocenters. The second-order valence-electron chi connectivity index (χ2n) is 6.91. The quantitative estimate of drug-likeness (QED) is 0.734. The fourth-order valence-corrected chi connectivity index (χ4v) is 3.02. The van der Waals surface area contributed by atoms with E-state index in [1.54, 1.807) is 0 Å². The van der Waals surface area contributed by atoms with E-state index in [2.05, 4.69) is 33.0 Å². The summed E-state index contributed by atoms with van der Waals surface area (Å²) in [4.78, 5) is 11.9. The Morgan fingerprint density at radius 3 is 2.22 bits per heavy atom. The molecule has 0 heterocycles. The average Bonchev–Trinajstić information content (AvgIpc) is 2.19. The molecule has 1 saturated carbocycles. The Morgan fingerprint density at radius 1 is 1.22 bits per heavy atom. The number of carbonyl (C=O) groups excluding carboxylic acids is 1. The molecule has 0 aromatic heterocycles. The average molecular weight is 254 g/mol. The maximum Gasteiger partial charge on any atom is 0.236 e. The van der Waals surface area contributed by atoms with Crippen molar-refractivity contribution in [1.29, 1.82) is 0 Å². The smallest absolute Gasteiger partial charge is 0.236 e. The zero-order chi connectivity index (χ0) is 13.8. The van der Waals surface area contributed by atoms with E-state index in [1.165, 1.54) is 25.7 Å². The molecule has 3 N–H and O–H groups in total. The normalized spacial score (nSPS) is 19.7. The third-order valence-electron chi connectivity index (χ3n) is 3.96. The van der Waals surface area contributed by atoms with Crippen molar-refractivity contribution in [1.82, 2.24) is 5.32 Å². The van der Waals surface area contributed by atoms with Gasteiger partial charge in [-0.3, -0.25) is 4.79 Å². The number of amides is 1. The van der Waals surface area contributed by atoms with E-state index < -0.39 is 0 Å². The Bertz CT molecular complexity index is 270. The molecule has 1 atom stereocenters. The summed E-state index contributed by atoms with van der Waals surface area (Å²) < 4.78 is 0. The summed E-state index contributed by atoms with van der Waals surface area (Å²) in [7, 11) is 0. The first-order chi connectivity index (χ1) is 8.34. The van der Waals surface area contributed by atoms with Gasteiger partial charge in [0.15, 0.2) is 0 Å². The van der Waals surface area contributed by atoms with Crippen molar-refractivity contribution in [3.05, 3.63) is 0 Å². The predicted octanol–water partition coefficient (Wildman–Crippen LogP) is 2.69. The molecule has 0 aliphatic heterocycles. The van der Waals surface area contributed by atoms with Gasteiger partial charge in [-0.25, -0.2) is 0 Å². The highest BCUT2D eigenvalue weighted by Gasteiger charge is 2.37. The van der Waals surface area contributed by atoms with Gasteiger partial charge in [-0.1, -0.05) is 34.1 Å². The zero-order valence-corrected chi connectivity index (χ0v) is 12.5. The Balaban J connectivity index is 2.36. The minimum atomic E-state index is -0.346. The third kappa shape index (κ3) is 4.60. The van der Waals surface area contributed by atoms with Crippen molar-refractivity contribution in [2.45, 2.75) is 65.8 Å². The van der Waals surface area contributed by atoms with Crippen LogP contribution in [0.5, 0.6) is 0 Å². The van der Waals surface area contributed by atoms with E-state index in [1.807, 2.05) is 0 Å². The number of carbonyl (C=O) groups is 1. The summed E-state index contributed by atoms with van der Waals surface area (Å²) in [5.41, 5.74) is 6.26. The highest BCUT2D eigenvalue weighted by Crippen LogP contribution is 2.45. The first-order valence-electron chi connectivity index (χ1n) is 7.38. The van der Waals surface area contributed by atoms with Crippen LogP contribution in [0.3, 0.4) is 0 Å². The van der Waals surface area contributed by atoms with Gasteiger partial charge in [0.05, 0.1) is 6.04 Å². The van der Waals surface area contributed by atoms with Gasteiger partial charge in [0.25, 0.3) is 0 Å². The number of nitrogens with two attached hydrogens (primary N) is 1. The molecule has 1 rings (SSSR count). The Hall–Kier alpha value is -0.570. The van der Waals surface area contributed by atoms with Gasteiger partial charge in [-0.2, -0.15) is 0 Å². The Morgan fingerprint density at radius 2 is 1.83 bits per heavy atom. The maximum atomic E-state index is 11.9. The molecule has 1 aliphatic carbocycles. The number of hydrogen-bond acceptors (Lipinski definition) is 2. The second-order valence-corrected chi connectivity index (χ2v) is 6.91. The molecule has 0 aromatic rings. The molecule has 1 aliphatic rings. The highest BCUT2D eigenvalue weighted by molar-refractivity contribution is 5.81. The Labute approximate surface area is 112 Å². The van der Waals surface area contributed by atoms with Crippen molar-refractivity contribution >= 4 is 5.91 Å². The van der Waals surface area contributed by atoms with Crippen LogP contribution >= 0.6 is 0 Å². The van der Waals surface area contributed by atoms with Crippen LogP contribution in [0.1, 0.15) is 59.8 Å². The van der Waals surface area contributed by atoms with Crippen LogP contribution in [-0.4, -0.2) is 18.5 Å². The van der Waals surface area contributed by atoms with Crippen molar-refractivity contribution in [3.63, 3.8) is 0 Å². The lowest BCUT2D eigenvalue weighted by molar-refractivity contribution is -0.123. The van der Waals surface area contributed by atoms with Gasteiger partial charge in [0.1, 0.15) is 0 Å². The number of hydrogen-bond donors (Lipinski definition) is 2. The lowest BCUT2D eigenvalue weighted by Crippen LogP contribution is -2.48. The molecule has 3 nitrogen and oxygen atoms in total. The lowest BCUT2D eigenvalue weighted by Gasteiger charge is -2.43. The minimum Gasteiger partial charge on any atom is -0.354 e. The number of rotatable bonds is 7. The molecule has 1 fully saturated rings. The van der Waals surface area contributed by atoms with Crippen molar-refractivity contribution in [2.24, 2.45) is 23.0 Å². The van der Waals surface area contributed by atoms with Crippen LogP contribution < -0.4 is 11.1 Å². The highest BCUT2D eigenvalue weighted by atomic mass is 16.2. The molecular weight excluding hydrogens is 224 g/mol. The van der Waals surface area contributed by atoms with Gasteiger partial charge in [-0.05, 0) is 42.9 Å². The molecule has 0 saturated heterocycles. The SMILES string of the molecule is CC(C)C[C@H](N)C(=O)NCC1(CC(C)C)CCC1. The molecule has 0 aromatic carbocycles. The molecular formula is C15H30N2O. The molecule has 0 bridgehead atoms. The van der Waals surface area contributed by atoms with E-state index in [-0.39, 0.29) is 11.9 Å². The van der Waals surface area contributed by atoms with Gasteiger partial charge in [0.2, 0.25) is 5.91 Å². The van der Waals surface area contributed by atoms with Crippen LogP contribution in [0.15, 0.2) is 0 Å². The minimum absolute atomic E-state index is 0.0266. The first kappa shape index (κ1) is 15.5. The topological polar surface area (TPSA) is 55.1 Å². The maximum absolute atomic E-state index is 11.9. The molecule has 0 spiro atoms. The molecule has 18 heavy (non-hydrogen) atoms. The fraction of sp³-hybridized carbons (Fsp3) is 0.933. The van der Waals surface area contributed by atoms with Crippen molar-refractivity contribution in [3.8, 4) is 0 Å². The van der Waals surface area contributed by atoms with Crippen molar-refractivity contribution in [2.75, 3.05) is 6.54 Å². The van der Waals surface area contributed by atoms with E-state index in [9.17, 15) is 4.79 Å². The third-order valence-corrected chi connectivity index (χ3v) is 3.96. The second kappa shape index (κ2) is 6.55. The van der Waals surface area contributed by atoms with Crippen molar-refractivity contribution < 1.29 is 4.79 Å². The van der Waals surface area contributed by atoms with Crippen LogP contribution in [0.25, 0.3) is 0 Å². The van der Waals surface area contributed by atoms with Gasteiger partial charge < -0.3 is 11.1 Å². The Kier molecular flexibility index (Phi) is 5.64. The molecule has 3 heteroatoms. The van der Waals surface area contributed by atoms with E-state index in [0.29, 0.717) is 17.3 Å². The molecule has 1 amide bonds. The zero-order valence-electron chi connectivity index (χ0n) is 12.5. The molecule has 0 radical (unpaired) electrons. The van der Waals surface area contributed by atoms with Crippen LogP contribution in [0.4, 0.5) is 0 Å². The monoisotopic (exact) mass is 254 g/mol.